The monoisotopic (exact) mass is 374 g/mol. The van der Waals surface area contributed by atoms with Gasteiger partial charge in [-0.1, -0.05) is 0 Å². The van der Waals surface area contributed by atoms with Crippen molar-refractivity contribution >= 4 is 39.7 Å². The molecule has 0 atom stereocenters. The summed E-state index contributed by atoms with van der Waals surface area (Å²) in [6, 6.07) is 13.1. The van der Waals surface area contributed by atoms with Crippen molar-refractivity contribution < 1.29 is 0 Å². The fourth-order valence-corrected chi connectivity index (χ4v) is 5.31. The Balaban J connectivity index is 1.67. The predicted molar refractivity (Wildman–Crippen MR) is 103 cm³/mol. The predicted octanol–water partition coefficient (Wildman–Crippen LogP) is 5.24. The van der Waals surface area contributed by atoms with Crippen molar-refractivity contribution in [2.45, 2.75) is 45.4 Å². The van der Waals surface area contributed by atoms with Crippen LogP contribution in [0.1, 0.15) is 45.4 Å². The average molecular weight is 373 g/mol. The van der Waals surface area contributed by atoms with E-state index in [0.717, 1.165) is 6.54 Å². The summed E-state index contributed by atoms with van der Waals surface area (Å²) >= 11 is 0.340. The summed E-state index contributed by atoms with van der Waals surface area (Å²) in [5.41, 5.74) is 1.19. The van der Waals surface area contributed by atoms with Gasteiger partial charge < -0.3 is 0 Å². The molecule has 3 heteroatoms. The molecule has 0 unspecified atom stereocenters. The van der Waals surface area contributed by atoms with Crippen LogP contribution in [0, 0.1) is 0 Å². The van der Waals surface area contributed by atoms with Crippen LogP contribution in [0.25, 0.3) is 20.5 Å². The Hall–Kier alpha value is -1.31. The van der Waals surface area contributed by atoms with Crippen molar-refractivity contribution in [2.75, 3.05) is 18.5 Å². The van der Waals surface area contributed by atoms with Crippen molar-refractivity contribution in [3.05, 3.63) is 36.4 Å². The third-order valence-electron chi connectivity index (χ3n) is 4.44. The standard InChI is InChI=1S/C20H26N2Se/c1-3-4-5-6-7-10-15-22(2)20-21-18-14-13-16-11-8-9-12-17(16)19(18)23-20/h8-9,11-14H,3-7,10,15H2,1-2H3. The first kappa shape index (κ1) is 16.5. The van der Waals surface area contributed by atoms with Crippen molar-refractivity contribution in [1.29, 1.82) is 0 Å². The van der Waals surface area contributed by atoms with Gasteiger partial charge in [0.1, 0.15) is 0 Å². The fourth-order valence-electron chi connectivity index (χ4n) is 3.03. The maximum atomic E-state index is 4.90. The van der Waals surface area contributed by atoms with Crippen LogP contribution in [0.5, 0.6) is 0 Å². The van der Waals surface area contributed by atoms with Gasteiger partial charge in [0.15, 0.2) is 0 Å². The molecule has 1 aromatic heterocycles. The fraction of sp³-hybridized carbons (Fsp3) is 0.450. The van der Waals surface area contributed by atoms with E-state index in [9.17, 15) is 0 Å². The molecule has 0 amide bonds. The molecule has 0 saturated carbocycles. The van der Waals surface area contributed by atoms with Gasteiger partial charge in [-0.2, -0.15) is 0 Å². The molecule has 1 heterocycles. The number of hydrogen-bond donors (Lipinski definition) is 0. The molecule has 2 nitrogen and oxygen atoms in total. The van der Waals surface area contributed by atoms with Crippen LogP contribution in [0.2, 0.25) is 0 Å². The van der Waals surface area contributed by atoms with E-state index in [1.165, 1.54) is 63.8 Å². The van der Waals surface area contributed by atoms with E-state index in [2.05, 4.69) is 55.3 Å². The molecule has 3 rings (SSSR count). The molecule has 0 aliphatic carbocycles. The number of unbranched alkanes of at least 4 members (excludes halogenated alkanes) is 5. The van der Waals surface area contributed by atoms with Crippen LogP contribution in [-0.2, 0) is 0 Å². The second-order valence-corrected chi connectivity index (χ2v) is 8.37. The summed E-state index contributed by atoms with van der Waals surface area (Å²) in [6.07, 6.45) is 8.11. The minimum absolute atomic E-state index is 0.340. The zero-order valence-corrected chi connectivity index (χ0v) is 15.9. The topological polar surface area (TPSA) is 16.1 Å². The Morgan fingerprint density at radius 1 is 0.957 bits per heavy atom. The zero-order chi connectivity index (χ0) is 16.1. The number of rotatable bonds is 8. The first-order valence-electron chi connectivity index (χ1n) is 8.79. The average Bonchev–Trinajstić information content (AvgIpc) is 3.02. The zero-order valence-electron chi connectivity index (χ0n) is 14.2. The molecule has 0 bridgehead atoms. The molecule has 122 valence electrons. The Morgan fingerprint density at radius 2 is 1.74 bits per heavy atom. The molecule has 0 fully saturated rings. The van der Waals surface area contributed by atoms with Crippen LogP contribution in [0.3, 0.4) is 0 Å². The summed E-state index contributed by atoms with van der Waals surface area (Å²) in [7, 11) is 2.21. The molecule has 0 radical (unpaired) electrons. The van der Waals surface area contributed by atoms with E-state index < -0.39 is 0 Å². The third-order valence-corrected chi connectivity index (χ3v) is 7.00. The molecular formula is C20H26N2Se. The SMILES string of the molecule is CCCCCCCCN(C)c1nc2ccc3ccccc3c2[se]1. The van der Waals surface area contributed by atoms with Gasteiger partial charge in [-0.3, -0.25) is 0 Å². The van der Waals surface area contributed by atoms with Crippen LogP contribution in [-0.4, -0.2) is 33.1 Å². The molecular weight excluding hydrogens is 347 g/mol. The van der Waals surface area contributed by atoms with Crippen molar-refractivity contribution in [2.24, 2.45) is 0 Å². The van der Waals surface area contributed by atoms with E-state index in [-0.39, 0.29) is 0 Å². The number of hydrogen-bond acceptors (Lipinski definition) is 2. The summed E-state index contributed by atoms with van der Waals surface area (Å²) in [6.45, 7) is 3.41. The van der Waals surface area contributed by atoms with Crippen molar-refractivity contribution in [1.82, 2.24) is 4.98 Å². The summed E-state index contributed by atoms with van der Waals surface area (Å²) in [5, 5.41) is 2.72. The third kappa shape index (κ3) is 3.97. The molecule has 23 heavy (non-hydrogen) atoms. The van der Waals surface area contributed by atoms with Gasteiger partial charge in [-0.15, -0.1) is 0 Å². The molecule has 2 aromatic carbocycles. The quantitative estimate of drug-likeness (QED) is 0.396. The van der Waals surface area contributed by atoms with Gasteiger partial charge in [0.25, 0.3) is 0 Å². The Labute approximate surface area is 145 Å². The number of fused-ring (bicyclic) bond motifs is 3. The molecule has 0 aliphatic rings. The second-order valence-electron chi connectivity index (χ2n) is 6.32. The van der Waals surface area contributed by atoms with Gasteiger partial charge in [-0.05, 0) is 0 Å². The van der Waals surface area contributed by atoms with Gasteiger partial charge in [-0.25, -0.2) is 0 Å². The maximum absolute atomic E-state index is 4.90. The van der Waals surface area contributed by atoms with E-state index in [1.807, 2.05) is 0 Å². The van der Waals surface area contributed by atoms with Gasteiger partial charge >= 0.3 is 145 Å². The van der Waals surface area contributed by atoms with Crippen LogP contribution in [0.4, 0.5) is 4.69 Å². The van der Waals surface area contributed by atoms with E-state index >= 15 is 0 Å². The minimum atomic E-state index is 0.340. The molecule has 0 saturated heterocycles. The van der Waals surface area contributed by atoms with Gasteiger partial charge in [0.2, 0.25) is 0 Å². The molecule has 0 spiro atoms. The van der Waals surface area contributed by atoms with E-state index in [1.54, 1.807) is 0 Å². The normalized spacial score (nSPS) is 11.4. The summed E-state index contributed by atoms with van der Waals surface area (Å²) in [4.78, 5) is 7.28. The number of benzene rings is 2. The van der Waals surface area contributed by atoms with Crippen LogP contribution >= 0.6 is 0 Å². The second kappa shape index (κ2) is 7.99. The van der Waals surface area contributed by atoms with E-state index in [0.29, 0.717) is 14.5 Å². The Bertz CT molecular complexity index is 763. The number of nitrogens with zero attached hydrogens (tertiary/aromatic N) is 2. The van der Waals surface area contributed by atoms with Crippen molar-refractivity contribution in [3.8, 4) is 0 Å². The van der Waals surface area contributed by atoms with Crippen molar-refractivity contribution in [3.63, 3.8) is 0 Å². The molecule has 0 aliphatic heterocycles. The van der Waals surface area contributed by atoms with Gasteiger partial charge in [0, 0.05) is 0 Å². The van der Waals surface area contributed by atoms with E-state index in [4.69, 9.17) is 4.98 Å². The summed E-state index contributed by atoms with van der Waals surface area (Å²) < 4.78 is 2.75. The Morgan fingerprint density at radius 3 is 2.61 bits per heavy atom. The van der Waals surface area contributed by atoms with Crippen LogP contribution in [0.15, 0.2) is 36.4 Å². The first-order chi connectivity index (χ1) is 11.3. The van der Waals surface area contributed by atoms with Crippen LogP contribution < -0.4 is 4.90 Å². The molecule has 3 aromatic rings. The summed E-state index contributed by atoms with van der Waals surface area (Å²) in [5.74, 6) is 0. The Kier molecular flexibility index (Phi) is 5.75. The number of aromatic nitrogens is 1. The van der Waals surface area contributed by atoms with Gasteiger partial charge in [0.05, 0.1) is 0 Å². The molecule has 0 N–H and O–H groups in total. The first-order valence-corrected chi connectivity index (χ1v) is 10.5. The number of anilines is 1.